The van der Waals surface area contributed by atoms with Gasteiger partial charge in [0.15, 0.2) is 5.96 Å². The van der Waals surface area contributed by atoms with Gasteiger partial charge in [0, 0.05) is 12.2 Å². The molecule has 1 aliphatic heterocycles. The van der Waals surface area contributed by atoms with Crippen molar-refractivity contribution in [3.63, 3.8) is 0 Å². The zero-order chi connectivity index (χ0) is 14.8. The van der Waals surface area contributed by atoms with Gasteiger partial charge in [-0.05, 0) is 25.5 Å². The minimum Gasteiger partial charge on any atom is -0.369 e. The molecule has 0 radical (unpaired) electrons. The van der Waals surface area contributed by atoms with E-state index in [0.29, 0.717) is 12.5 Å². The summed E-state index contributed by atoms with van der Waals surface area (Å²) in [5, 5.41) is 0. The molecule has 0 spiro atoms. The van der Waals surface area contributed by atoms with Crippen LogP contribution < -0.4 is 10.6 Å². The number of aliphatic imine (C=N–C) groups is 1. The summed E-state index contributed by atoms with van der Waals surface area (Å²) in [6.45, 7) is 5.89. The maximum absolute atomic E-state index is 6.12. The molecule has 2 heterocycles. The van der Waals surface area contributed by atoms with Gasteiger partial charge < -0.3 is 15.2 Å². The van der Waals surface area contributed by atoms with Gasteiger partial charge in [-0.25, -0.2) is 4.98 Å². The first-order chi connectivity index (χ1) is 10.2. The Labute approximate surface area is 125 Å². The fourth-order valence-electron chi connectivity index (χ4n) is 2.78. The van der Waals surface area contributed by atoms with Crippen LogP contribution in [0.5, 0.6) is 0 Å². The lowest BCUT2D eigenvalue weighted by Crippen LogP contribution is -2.36. The summed E-state index contributed by atoms with van der Waals surface area (Å²) in [5.41, 5.74) is 9.60. The van der Waals surface area contributed by atoms with E-state index in [4.69, 9.17) is 5.73 Å². The summed E-state index contributed by atoms with van der Waals surface area (Å²) in [4.78, 5) is 10.8. The third-order valence-electron chi connectivity index (χ3n) is 3.85. The Bertz CT molecular complexity index is 641. The Morgan fingerprint density at radius 3 is 2.76 bits per heavy atom. The Balaban J connectivity index is 1.95. The number of rotatable bonds is 4. The van der Waals surface area contributed by atoms with E-state index >= 15 is 0 Å². The van der Waals surface area contributed by atoms with E-state index in [-0.39, 0.29) is 6.04 Å². The minimum absolute atomic E-state index is 0.127. The van der Waals surface area contributed by atoms with Crippen LogP contribution in [0, 0.1) is 6.92 Å². The lowest BCUT2D eigenvalue weighted by atomic mass is 10.1. The van der Waals surface area contributed by atoms with Crippen LogP contribution in [0.4, 0.5) is 5.69 Å². The average molecular weight is 283 g/mol. The summed E-state index contributed by atoms with van der Waals surface area (Å²) < 4.78 is 2.19. The number of hydrogen-bond donors (Lipinski definition) is 1. The molecule has 1 aromatic carbocycles. The molecule has 0 saturated carbocycles. The monoisotopic (exact) mass is 283 g/mol. The second-order valence-corrected chi connectivity index (χ2v) is 5.43. The number of nitrogens with zero attached hydrogens (tertiary/aromatic N) is 4. The minimum atomic E-state index is 0.127. The SMILES string of the molecule is CCCn1cncc1C1CN=C(N)N1c1ccc(C)cc1. The first-order valence-corrected chi connectivity index (χ1v) is 7.36. The molecule has 0 aliphatic carbocycles. The summed E-state index contributed by atoms with van der Waals surface area (Å²) >= 11 is 0. The van der Waals surface area contributed by atoms with Gasteiger partial charge >= 0.3 is 0 Å². The molecular formula is C16H21N5. The molecule has 0 fully saturated rings. The van der Waals surface area contributed by atoms with Gasteiger partial charge in [-0.2, -0.15) is 0 Å². The smallest absolute Gasteiger partial charge is 0.196 e. The van der Waals surface area contributed by atoms with Crippen LogP contribution in [-0.2, 0) is 6.54 Å². The first kappa shape index (κ1) is 13.7. The van der Waals surface area contributed by atoms with Crippen molar-refractivity contribution in [2.75, 3.05) is 11.4 Å². The molecule has 5 nitrogen and oxygen atoms in total. The predicted molar refractivity (Wildman–Crippen MR) is 85.4 cm³/mol. The van der Waals surface area contributed by atoms with Crippen molar-refractivity contribution in [2.24, 2.45) is 10.7 Å². The van der Waals surface area contributed by atoms with E-state index in [9.17, 15) is 0 Å². The molecule has 110 valence electrons. The Kier molecular flexibility index (Phi) is 3.64. The van der Waals surface area contributed by atoms with Crippen molar-refractivity contribution in [1.29, 1.82) is 0 Å². The molecule has 2 N–H and O–H groups in total. The number of nitrogens with two attached hydrogens (primary N) is 1. The van der Waals surface area contributed by atoms with Crippen LogP contribution in [0.2, 0.25) is 0 Å². The molecular weight excluding hydrogens is 262 g/mol. The van der Waals surface area contributed by atoms with E-state index in [1.54, 1.807) is 0 Å². The van der Waals surface area contributed by atoms with E-state index in [0.717, 1.165) is 18.7 Å². The van der Waals surface area contributed by atoms with Gasteiger partial charge in [0.2, 0.25) is 0 Å². The molecule has 1 unspecified atom stereocenters. The Morgan fingerprint density at radius 1 is 1.29 bits per heavy atom. The molecule has 1 aromatic heterocycles. The Hall–Kier alpha value is -2.30. The van der Waals surface area contributed by atoms with Crippen LogP contribution in [0.15, 0.2) is 41.8 Å². The number of benzene rings is 1. The molecule has 3 rings (SSSR count). The summed E-state index contributed by atoms with van der Waals surface area (Å²) in [6.07, 6.45) is 4.90. The van der Waals surface area contributed by atoms with Crippen molar-refractivity contribution >= 4 is 11.6 Å². The van der Waals surface area contributed by atoms with E-state index in [1.165, 1.54) is 11.3 Å². The van der Waals surface area contributed by atoms with Crippen molar-refractivity contribution in [3.05, 3.63) is 48.0 Å². The normalized spacial score (nSPS) is 18.1. The zero-order valence-electron chi connectivity index (χ0n) is 12.5. The third-order valence-corrected chi connectivity index (χ3v) is 3.85. The van der Waals surface area contributed by atoms with Crippen LogP contribution >= 0.6 is 0 Å². The van der Waals surface area contributed by atoms with Gasteiger partial charge in [0.25, 0.3) is 0 Å². The van der Waals surface area contributed by atoms with Gasteiger partial charge in [0.05, 0.1) is 30.8 Å². The van der Waals surface area contributed by atoms with Crippen molar-refractivity contribution < 1.29 is 0 Å². The standard InChI is InChI=1S/C16H21N5/c1-3-8-20-11-18-9-14(20)15-10-19-16(17)21(15)13-6-4-12(2)5-7-13/h4-7,9,11,15H,3,8,10H2,1-2H3,(H2,17,19). The van der Waals surface area contributed by atoms with Crippen LogP contribution in [0.25, 0.3) is 0 Å². The van der Waals surface area contributed by atoms with Crippen LogP contribution in [0.1, 0.15) is 30.6 Å². The number of imidazole rings is 1. The second kappa shape index (κ2) is 5.60. The van der Waals surface area contributed by atoms with Gasteiger partial charge in [-0.3, -0.25) is 4.99 Å². The maximum Gasteiger partial charge on any atom is 0.196 e. The highest BCUT2D eigenvalue weighted by Gasteiger charge is 2.30. The second-order valence-electron chi connectivity index (χ2n) is 5.43. The third kappa shape index (κ3) is 2.51. The first-order valence-electron chi connectivity index (χ1n) is 7.36. The molecule has 1 aliphatic rings. The lowest BCUT2D eigenvalue weighted by molar-refractivity contribution is 0.606. The highest BCUT2D eigenvalue weighted by Crippen LogP contribution is 2.31. The summed E-state index contributed by atoms with van der Waals surface area (Å²) in [6, 6.07) is 8.51. The van der Waals surface area contributed by atoms with Crippen LogP contribution in [-0.4, -0.2) is 22.1 Å². The van der Waals surface area contributed by atoms with E-state index in [2.05, 4.69) is 57.6 Å². The number of anilines is 1. The largest absolute Gasteiger partial charge is 0.369 e. The molecule has 5 heteroatoms. The number of guanidine groups is 1. The van der Waals surface area contributed by atoms with Crippen LogP contribution in [0.3, 0.4) is 0 Å². The molecule has 1 atom stereocenters. The topological polar surface area (TPSA) is 59.4 Å². The molecule has 2 aromatic rings. The van der Waals surface area contributed by atoms with Crippen molar-refractivity contribution in [3.8, 4) is 0 Å². The molecule has 0 amide bonds. The quantitative estimate of drug-likeness (QED) is 0.937. The Morgan fingerprint density at radius 2 is 2.05 bits per heavy atom. The van der Waals surface area contributed by atoms with E-state index < -0.39 is 0 Å². The van der Waals surface area contributed by atoms with E-state index in [1.807, 2.05) is 12.5 Å². The zero-order valence-corrected chi connectivity index (χ0v) is 12.5. The highest BCUT2D eigenvalue weighted by atomic mass is 15.3. The van der Waals surface area contributed by atoms with Gasteiger partial charge in [0.1, 0.15) is 0 Å². The molecule has 21 heavy (non-hydrogen) atoms. The van der Waals surface area contributed by atoms with Gasteiger partial charge in [-0.15, -0.1) is 0 Å². The fourth-order valence-corrected chi connectivity index (χ4v) is 2.78. The number of aromatic nitrogens is 2. The number of hydrogen-bond acceptors (Lipinski definition) is 4. The fraction of sp³-hybridized carbons (Fsp3) is 0.375. The lowest BCUT2D eigenvalue weighted by Gasteiger charge is -2.27. The van der Waals surface area contributed by atoms with Crippen molar-refractivity contribution in [1.82, 2.24) is 9.55 Å². The predicted octanol–water partition coefficient (Wildman–Crippen LogP) is 2.48. The molecule has 0 bridgehead atoms. The van der Waals surface area contributed by atoms with Gasteiger partial charge in [-0.1, -0.05) is 24.6 Å². The highest BCUT2D eigenvalue weighted by molar-refractivity contribution is 5.97. The molecule has 0 saturated heterocycles. The van der Waals surface area contributed by atoms with Crippen molar-refractivity contribution in [2.45, 2.75) is 32.9 Å². The maximum atomic E-state index is 6.12. The number of aryl methyl sites for hydroxylation is 2. The summed E-state index contributed by atoms with van der Waals surface area (Å²) in [7, 11) is 0. The average Bonchev–Trinajstić information content (AvgIpc) is 3.07. The summed E-state index contributed by atoms with van der Waals surface area (Å²) in [5.74, 6) is 0.577.